The van der Waals surface area contributed by atoms with Gasteiger partial charge in [-0.15, -0.1) is 0 Å². The summed E-state index contributed by atoms with van der Waals surface area (Å²) < 4.78 is 27.1. The van der Waals surface area contributed by atoms with Gasteiger partial charge in [-0.2, -0.15) is 0 Å². The summed E-state index contributed by atoms with van der Waals surface area (Å²) in [4.78, 5) is 0. The zero-order valence-corrected chi connectivity index (χ0v) is 8.11. The predicted molar refractivity (Wildman–Crippen MR) is 46.8 cm³/mol. The average molecular weight is 193 g/mol. The quantitative estimate of drug-likeness (QED) is 0.691. The second-order valence-electron chi connectivity index (χ2n) is 4.10. The van der Waals surface area contributed by atoms with Gasteiger partial charge in [0.15, 0.2) is 0 Å². The molecule has 2 nitrogen and oxygen atoms in total. The molecule has 1 fully saturated rings. The van der Waals surface area contributed by atoms with Crippen LogP contribution >= 0.6 is 0 Å². The Labute approximate surface area is 77.3 Å². The average Bonchev–Trinajstić information content (AvgIpc) is 2.03. The van der Waals surface area contributed by atoms with Gasteiger partial charge in [0.05, 0.1) is 18.6 Å². The number of nitrogens with one attached hydrogen (secondary N) is 1. The van der Waals surface area contributed by atoms with E-state index in [0.717, 1.165) is 0 Å². The maximum absolute atomic E-state index is 13.6. The van der Waals surface area contributed by atoms with Gasteiger partial charge in [0, 0.05) is 0 Å². The first-order valence-electron chi connectivity index (χ1n) is 4.66. The third-order valence-corrected chi connectivity index (χ3v) is 3.21. The third-order valence-electron chi connectivity index (χ3n) is 3.21. The number of halogens is 2. The van der Waals surface area contributed by atoms with Crippen molar-refractivity contribution in [2.75, 3.05) is 19.7 Å². The van der Waals surface area contributed by atoms with Gasteiger partial charge in [-0.1, -0.05) is 13.8 Å². The van der Waals surface area contributed by atoms with Gasteiger partial charge >= 0.3 is 0 Å². The number of piperidine rings is 1. The molecular formula is C9H17F2NO. The summed E-state index contributed by atoms with van der Waals surface area (Å²) in [6.45, 7) is 3.31. The molecule has 0 radical (unpaired) electrons. The molecule has 0 saturated carbocycles. The minimum absolute atomic E-state index is 0.199. The van der Waals surface area contributed by atoms with E-state index in [1.807, 2.05) is 0 Å². The van der Waals surface area contributed by atoms with E-state index in [9.17, 15) is 8.78 Å². The molecule has 0 spiro atoms. The van der Waals surface area contributed by atoms with Gasteiger partial charge in [-0.25, -0.2) is 8.78 Å². The van der Waals surface area contributed by atoms with Crippen molar-refractivity contribution in [2.24, 2.45) is 11.3 Å². The summed E-state index contributed by atoms with van der Waals surface area (Å²) in [7, 11) is 0. The van der Waals surface area contributed by atoms with E-state index < -0.39 is 17.9 Å². The van der Waals surface area contributed by atoms with Gasteiger partial charge in [-0.3, -0.25) is 0 Å². The molecule has 1 aliphatic heterocycles. The Hall–Kier alpha value is -0.220. The van der Waals surface area contributed by atoms with Crippen molar-refractivity contribution in [2.45, 2.75) is 26.2 Å². The molecule has 0 bridgehead atoms. The van der Waals surface area contributed by atoms with Crippen LogP contribution in [-0.2, 0) is 0 Å². The van der Waals surface area contributed by atoms with Crippen LogP contribution in [0.15, 0.2) is 0 Å². The molecular weight excluding hydrogens is 176 g/mol. The Kier molecular flexibility index (Phi) is 2.92. The molecule has 1 rings (SSSR count). The lowest BCUT2D eigenvalue weighted by molar-refractivity contribution is -0.179. The van der Waals surface area contributed by atoms with E-state index in [-0.39, 0.29) is 12.5 Å². The van der Waals surface area contributed by atoms with Gasteiger partial charge in [0.25, 0.3) is 5.92 Å². The summed E-state index contributed by atoms with van der Waals surface area (Å²) in [5, 5.41) is 11.8. The summed E-state index contributed by atoms with van der Waals surface area (Å²) in [6.07, 6.45) is 0.341. The van der Waals surface area contributed by atoms with Gasteiger partial charge in [0.1, 0.15) is 0 Å². The predicted octanol–water partition coefficient (Wildman–Crippen LogP) is 1.25. The minimum Gasteiger partial charge on any atom is -0.396 e. The van der Waals surface area contributed by atoms with Crippen molar-refractivity contribution in [1.82, 2.24) is 5.32 Å². The molecule has 2 N–H and O–H groups in total. The highest BCUT2D eigenvalue weighted by Gasteiger charge is 2.56. The van der Waals surface area contributed by atoms with E-state index in [1.54, 1.807) is 13.8 Å². The molecule has 1 aliphatic rings. The van der Waals surface area contributed by atoms with Crippen molar-refractivity contribution >= 4 is 0 Å². The first-order chi connectivity index (χ1) is 5.96. The SMILES string of the molecule is CC(C)C1(CO)CCNCC1(F)F. The molecule has 0 aromatic carbocycles. The van der Waals surface area contributed by atoms with E-state index in [1.165, 1.54) is 0 Å². The van der Waals surface area contributed by atoms with E-state index in [0.29, 0.717) is 13.0 Å². The molecule has 0 aromatic rings. The van der Waals surface area contributed by atoms with Gasteiger partial charge in [0.2, 0.25) is 0 Å². The number of hydrogen-bond acceptors (Lipinski definition) is 2. The van der Waals surface area contributed by atoms with E-state index in [2.05, 4.69) is 5.32 Å². The first-order valence-corrected chi connectivity index (χ1v) is 4.66. The Balaban J connectivity index is 2.93. The van der Waals surface area contributed by atoms with E-state index >= 15 is 0 Å². The summed E-state index contributed by atoms with van der Waals surface area (Å²) in [5.74, 6) is -3.00. The topological polar surface area (TPSA) is 32.3 Å². The molecule has 13 heavy (non-hydrogen) atoms. The number of rotatable bonds is 2. The second kappa shape index (κ2) is 3.50. The minimum atomic E-state index is -2.80. The smallest absolute Gasteiger partial charge is 0.268 e. The monoisotopic (exact) mass is 193 g/mol. The first kappa shape index (κ1) is 10.9. The highest BCUT2D eigenvalue weighted by molar-refractivity contribution is 4.99. The highest BCUT2D eigenvalue weighted by Crippen LogP contribution is 2.46. The Morgan fingerprint density at radius 1 is 1.46 bits per heavy atom. The van der Waals surface area contributed by atoms with E-state index in [4.69, 9.17) is 5.11 Å². The van der Waals surface area contributed by atoms with Crippen LogP contribution in [0.3, 0.4) is 0 Å². The van der Waals surface area contributed by atoms with Crippen molar-refractivity contribution in [3.05, 3.63) is 0 Å². The number of aliphatic hydroxyl groups is 1. The Morgan fingerprint density at radius 2 is 2.08 bits per heavy atom. The highest BCUT2D eigenvalue weighted by atomic mass is 19.3. The van der Waals surface area contributed by atoms with Crippen LogP contribution in [0.1, 0.15) is 20.3 Å². The molecule has 0 aliphatic carbocycles. The van der Waals surface area contributed by atoms with Crippen LogP contribution in [0, 0.1) is 11.3 Å². The molecule has 78 valence electrons. The largest absolute Gasteiger partial charge is 0.396 e. The van der Waals surface area contributed by atoms with Crippen molar-refractivity contribution in [3.8, 4) is 0 Å². The number of aliphatic hydroxyl groups excluding tert-OH is 1. The van der Waals surface area contributed by atoms with Crippen molar-refractivity contribution in [3.63, 3.8) is 0 Å². The van der Waals surface area contributed by atoms with Crippen LogP contribution in [0.2, 0.25) is 0 Å². The fraction of sp³-hybridized carbons (Fsp3) is 1.00. The molecule has 4 heteroatoms. The Bertz CT molecular complexity index is 184. The summed E-state index contributed by atoms with van der Waals surface area (Å²) in [6, 6.07) is 0. The number of alkyl halides is 2. The molecule has 0 aromatic heterocycles. The fourth-order valence-electron chi connectivity index (χ4n) is 2.00. The molecule has 1 atom stereocenters. The van der Waals surface area contributed by atoms with Gasteiger partial charge in [-0.05, 0) is 18.9 Å². The summed E-state index contributed by atoms with van der Waals surface area (Å²) in [5.41, 5.74) is -1.22. The second-order valence-corrected chi connectivity index (χ2v) is 4.10. The maximum Gasteiger partial charge on any atom is 0.268 e. The molecule has 1 heterocycles. The zero-order chi connectivity index (χ0) is 10.1. The van der Waals surface area contributed by atoms with Crippen LogP contribution in [0.4, 0.5) is 8.78 Å². The standard InChI is InChI=1S/C9H17F2NO/c1-7(2)8(6-13)3-4-12-5-9(8,10)11/h7,12-13H,3-6H2,1-2H3. The molecule has 1 unspecified atom stereocenters. The lowest BCUT2D eigenvalue weighted by Crippen LogP contribution is -2.58. The lowest BCUT2D eigenvalue weighted by atomic mass is 9.68. The molecule has 0 amide bonds. The summed E-state index contributed by atoms with van der Waals surface area (Å²) >= 11 is 0. The third kappa shape index (κ3) is 1.57. The van der Waals surface area contributed by atoms with Gasteiger partial charge < -0.3 is 10.4 Å². The fourth-order valence-corrected chi connectivity index (χ4v) is 2.00. The van der Waals surface area contributed by atoms with Crippen LogP contribution < -0.4 is 5.32 Å². The van der Waals surface area contributed by atoms with Crippen molar-refractivity contribution < 1.29 is 13.9 Å². The molecule has 1 saturated heterocycles. The van der Waals surface area contributed by atoms with Crippen molar-refractivity contribution in [1.29, 1.82) is 0 Å². The maximum atomic E-state index is 13.6. The lowest BCUT2D eigenvalue weighted by Gasteiger charge is -2.45. The zero-order valence-electron chi connectivity index (χ0n) is 8.11. The van der Waals surface area contributed by atoms with Crippen LogP contribution in [0.25, 0.3) is 0 Å². The van der Waals surface area contributed by atoms with Crippen LogP contribution in [-0.4, -0.2) is 30.7 Å². The van der Waals surface area contributed by atoms with Crippen LogP contribution in [0.5, 0.6) is 0 Å². The Morgan fingerprint density at radius 3 is 2.38 bits per heavy atom. The normalized spacial score (nSPS) is 33.7. The number of hydrogen-bond donors (Lipinski definition) is 2.